The van der Waals surface area contributed by atoms with E-state index in [1.807, 2.05) is 66.7 Å². The molecule has 10 rings (SSSR count). The van der Waals surface area contributed by atoms with Crippen LogP contribution in [0.2, 0.25) is 10.0 Å². The summed E-state index contributed by atoms with van der Waals surface area (Å²) in [5, 5.41) is 0.623. The van der Waals surface area contributed by atoms with Gasteiger partial charge in [-0.15, -0.1) is 0 Å². The molecule has 69 heavy (non-hydrogen) atoms. The molecule has 4 saturated heterocycles. The Hall–Kier alpha value is -5.80. The molecule has 4 aliphatic heterocycles. The number of pyridine rings is 1. The number of halogens is 4. The summed E-state index contributed by atoms with van der Waals surface area (Å²) in [5.74, 6) is -0.0199. The number of nitrogens with zero attached hydrogens (tertiary/aromatic N) is 2. The van der Waals surface area contributed by atoms with E-state index in [1.54, 1.807) is 24.5 Å². The zero-order valence-corrected chi connectivity index (χ0v) is 39.5. The molecule has 5 aliphatic rings. The Labute approximate surface area is 410 Å². The number of nitrogens with one attached hydrogen (secondary N) is 1. The average Bonchev–Trinajstić information content (AvgIpc) is 4.06. The summed E-state index contributed by atoms with van der Waals surface area (Å²) in [4.78, 5) is 48.4. The fraction of sp³-hybridized carbons (Fsp3) is 0.396. The Morgan fingerprint density at radius 2 is 1.51 bits per heavy atom. The van der Waals surface area contributed by atoms with Gasteiger partial charge in [-0.2, -0.15) is 8.78 Å². The van der Waals surface area contributed by atoms with Crippen LogP contribution in [0.5, 0.6) is 17.2 Å². The Morgan fingerprint density at radius 3 is 2.20 bits per heavy atom. The number of fused-ring (bicyclic) bond motifs is 3. The fourth-order valence-electron chi connectivity index (χ4n) is 9.52. The highest BCUT2D eigenvalue weighted by molar-refractivity contribution is 6.35. The zero-order valence-electron chi connectivity index (χ0n) is 38.0. The van der Waals surface area contributed by atoms with Gasteiger partial charge < -0.3 is 34.1 Å². The highest BCUT2D eigenvalue weighted by Gasteiger charge is 2.39. The van der Waals surface area contributed by atoms with Crippen LogP contribution in [-0.2, 0) is 32.1 Å². The highest BCUT2D eigenvalue weighted by atomic mass is 35.5. The molecule has 5 fully saturated rings. The van der Waals surface area contributed by atoms with Crippen LogP contribution in [0.15, 0.2) is 109 Å². The van der Waals surface area contributed by atoms with Crippen LogP contribution in [0, 0.1) is 11.8 Å². The highest BCUT2D eigenvalue weighted by Crippen LogP contribution is 2.39. The van der Waals surface area contributed by atoms with Gasteiger partial charge in [0.2, 0.25) is 0 Å². The summed E-state index contributed by atoms with van der Waals surface area (Å²) in [5.41, 5.74) is 4.13. The lowest BCUT2D eigenvalue weighted by atomic mass is 9.85. The minimum Gasteiger partial charge on any atom is -0.870 e. The first-order valence-electron chi connectivity index (χ1n) is 23.4. The molecular weight excluding hydrogens is 931 g/mol. The van der Waals surface area contributed by atoms with Gasteiger partial charge in [-0.3, -0.25) is 14.5 Å². The summed E-state index contributed by atoms with van der Waals surface area (Å²) >= 11 is 13.1. The van der Waals surface area contributed by atoms with Gasteiger partial charge in [0.1, 0.15) is 40.7 Å². The second-order valence-electron chi connectivity index (χ2n) is 18.1. The predicted octanol–water partition coefficient (Wildman–Crippen LogP) is 9.89. The first-order valence-corrected chi connectivity index (χ1v) is 24.2. The second-order valence-corrected chi connectivity index (χ2v) is 19.0. The molecule has 5 aromatic rings. The molecule has 2 N–H and O–H groups in total. The Bertz CT molecular complexity index is 2540. The van der Waals surface area contributed by atoms with Crippen molar-refractivity contribution in [3.05, 3.63) is 153 Å². The van der Waals surface area contributed by atoms with Gasteiger partial charge in [-0.05, 0) is 122 Å². The maximum atomic E-state index is 14.2. The van der Waals surface area contributed by atoms with Crippen molar-refractivity contribution < 1.29 is 57.3 Å². The maximum Gasteiger partial charge on any atom is 0.387 e. The number of hydrogen-bond donors (Lipinski definition) is 0. The number of hydrogen-bond acceptors (Lipinski definition) is 10. The molecule has 1 saturated carbocycles. The summed E-state index contributed by atoms with van der Waals surface area (Å²) in [6, 6.07) is 28.4. The molecule has 1 aliphatic carbocycles. The van der Waals surface area contributed by atoms with Crippen LogP contribution in [0.3, 0.4) is 0 Å². The lowest BCUT2D eigenvalue weighted by Crippen LogP contribution is -2.52. The lowest BCUT2D eigenvalue weighted by Gasteiger charge is -2.44. The molecule has 1 aromatic heterocycles. The molecule has 4 atom stereocenters. The first-order chi connectivity index (χ1) is 33.0. The van der Waals surface area contributed by atoms with Gasteiger partial charge in [0, 0.05) is 36.6 Å². The van der Waals surface area contributed by atoms with Crippen molar-refractivity contribution in [1.29, 1.82) is 0 Å². The summed E-state index contributed by atoms with van der Waals surface area (Å²) in [6.45, 7) is 0.790. The number of ether oxygens (including phenoxy) is 5. The first kappa shape index (κ1) is 49.6. The average molecular weight is 987 g/mol. The van der Waals surface area contributed by atoms with Crippen LogP contribution < -0.4 is 19.2 Å². The third-order valence-corrected chi connectivity index (χ3v) is 14.2. The Balaban J connectivity index is 0.00000642. The minimum atomic E-state index is -3.07. The van der Waals surface area contributed by atoms with Crippen molar-refractivity contribution in [2.75, 3.05) is 32.8 Å². The van der Waals surface area contributed by atoms with Crippen molar-refractivity contribution >= 4 is 41.0 Å². The zero-order chi connectivity index (χ0) is 47.1. The van der Waals surface area contributed by atoms with Gasteiger partial charge in [-0.1, -0.05) is 83.9 Å². The normalized spacial score (nSPS) is 20.4. The maximum absolute atomic E-state index is 14.2. The topological polar surface area (TPSA) is 148 Å². The number of amides is 1. The van der Waals surface area contributed by atoms with Crippen molar-refractivity contribution in [3.63, 3.8) is 0 Å². The van der Waals surface area contributed by atoms with Gasteiger partial charge in [0.25, 0.3) is 5.91 Å². The number of likely N-dealkylation sites (tertiary alicyclic amines) is 1. The summed E-state index contributed by atoms with van der Waals surface area (Å²) in [7, 11) is 0. The standard InChI is InChI=1S/C53H53Cl2F2N3O8.H2O/c54-43-28-58-29-44(55)42(43)26-47(39-17-18-46(68-53(56)57)48(25-39)65-32-33-11-12-33)67-52(63)45-10-5-21-60(45)51(62)37-15-13-34(14-16-37)31-64-40-9-4-8-38(24-40)41(35-6-2-1-3-7-35)27-50(61)66-49-30-59-22-19-36(49)20-23-59;/h1-4,6-9,13-18,24-25,28-29,33,36,41,45,47,49,53H,5,10-12,19-23,26-27,30-32H2;1H2/t41-,45-,47-,49-;/m0./s1. The monoisotopic (exact) mass is 985 g/mol. The molecule has 16 heteroatoms. The fourth-order valence-corrected chi connectivity index (χ4v) is 10.1. The lowest BCUT2D eigenvalue weighted by molar-refractivity contribution is -0.377. The van der Waals surface area contributed by atoms with E-state index in [2.05, 4.69) is 9.88 Å². The van der Waals surface area contributed by atoms with Crippen molar-refractivity contribution in [3.8, 4) is 17.2 Å². The molecule has 0 radical (unpaired) electrons. The van der Waals surface area contributed by atoms with Crippen LogP contribution >= 0.6 is 23.2 Å². The molecule has 1 amide bonds. The van der Waals surface area contributed by atoms with Gasteiger partial charge in [0.15, 0.2) is 23.9 Å². The van der Waals surface area contributed by atoms with E-state index in [4.69, 9.17) is 46.9 Å². The number of H-pyrrole nitrogens is 1. The number of esters is 2. The number of piperidine rings is 3. The smallest absolute Gasteiger partial charge is 0.387 e. The number of aromatic amines is 1. The van der Waals surface area contributed by atoms with Crippen molar-refractivity contribution in [2.45, 2.75) is 88.8 Å². The van der Waals surface area contributed by atoms with Crippen LogP contribution in [0.1, 0.15) is 95.1 Å². The van der Waals surface area contributed by atoms with E-state index in [0.717, 1.165) is 62.0 Å². The molecule has 364 valence electrons. The second kappa shape index (κ2) is 22.7. The number of carbonyl (C=O) groups excluding carboxylic acids is 3. The van der Waals surface area contributed by atoms with E-state index in [0.29, 0.717) is 70.3 Å². The summed E-state index contributed by atoms with van der Waals surface area (Å²) in [6.07, 6.45) is 7.40. The SMILES string of the molecule is O=C(C[C@@H](c1ccccc1)c1cccc(OCc2ccc(C(=O)N3CCC[C@H]3C(=O)O[C@@H](Cc3c(Cl)c[nH+]cc3Cl)c3ccc(OC(F)F)c(OCC4CC4)c3)cc2)c1)O[C@H]1CN2CCC1CC2.[OH-]. The molecule has 12 nitrogen and oxygen atoms in total. The Kier molecular flexibility index (Phi) is 16.4. The van der Waals surface area contributed by atoms with Crippen LogP contribution in [0.25, 0.3) is 0 Å². The summed E-state index contributed by atoms with van der Waals surface area (Å²) < 4.78 is 56.0. The van der Waals surface area contributed by atoms with E-state index in [9.17, 15) is 23.2 Å². The molecule has 2 bridgehead atoms. The third kappa shape index (κ3) is 12.5. The van der Waals surface area contributed by atoms with Crippen LogP contribution in [-0.4, -0.2) is 84.7 Å². The molecule has 4 aromatic carbocycles. The molecular formula is C53H55Cl2F2N3O9. The van der Waals surface area contributed by atoms with E-state index in [-0.39, 0.29) is 60.3 Å². The van der Waals surface area contributed by atoms with Gasteiger partial charge in [0.05, 0.1) is 13.0 Å². The van der Waals surface area contributed by atoms with E-state index >= 15 is 0 Å². The quantitative estimate of drug-likeness (QED) is 0.0733. The van der Waals surface area contributed by atoms with Crippen molar-refractivity contribution in [2.24, 2.45) is 11.8 Å². The number of carbonyl (C=O) groups is 3. The van der Waals surface area contributed by atoms with E-state index < -0.39 is 24.7 Å². The van der Waals surface area contributed by atoms with E-state index in [1.165, 1.54) is 23.1 Å². The third-order valence-electron chi connectivity index (χ3n) is 13.5. The Morgan fingerprint density at radius 1 is 0.768 bits per heavy atom. The number of benzene rings is 4. The predicted molar refractivity (Wildman–Crippen MR) is 252 cm³/mol. The van der Waals surface area contributed by atoms with Gasteiger partial charge >= 0.3 is 18.6 Å². The van der Waals surface area contributed by atoms with Crippen molar-refractivity contribution in [1.82, 2.24) is 9.80 Å². The number of rotatable bonds is 19. The minimum absolute atomic E-state index is 0. The largest absolute Gasteiger partial charge is 0.870 e. The number of alkyl halides is 2. The van der Waals surface area contributed by atoms with Gasteiger partial charge in [-0.25, -0.2) is 9.78 Å². The van der Waals surface area contributed by atoms with Crippen LogP contribution in [0.4, 0.5) is 8.78 Å². The molecule has 0 unspecified atom stereocenters. The number of aromatic nitrogens is 1. The molecule has 0 spiro atoms. The molecule has 5 heterocycles.